The average Bonchev–Trinajstić information content (AvgIpc) is 4.14. The Labute approximate surface area is 411 Å². The third-order valence-corrected chi connectivity index (χ3v) is 26.4. The molecule has 3 nitrogen and oxygen atoms in total. The standard InChI is InChI=1S/C64H64BN3Si/c1-61(34-41-28-38-29-42(35-61)57(38)41)43-18-22-46(23-19-43)66-51-14-10-16-55-59(51)65-58-53(66)32-48(68-50-13-7-6-12-49(50)62(2)26-8-9-27-63(62,68)3)33-54(58)67(52-15-11-17-56(60(52)65)69(55,4)5)47-24-20-44(21-25-47)64-36-39-30-45(64)31-40(39)37-64/h6-7,10-25,32-34,38-40,42,45,57H,8-9,26-31,35-37H2,1-5H3. The highest BCUT2D eigenvalue weighted by Gasteiger charge is 2.64. The number of hydrogen-bond donors (Lipinski definition) is 0. The molecular formula is C64H64BN3Si. The van der Waals surface area contributed by atoms with E-state index in [2.05, 4.69) is 176 Å². The molecule has 342 valence electrons. The monoisotopic (exact) mass is 913 g/mol. The van der Waals surface area contributed by atoms with Crippen LogP contribution in [0.5, 0.6) is 0 Å². The number of fused-ring (bicyclic) bond motifs is 3. The molecule has 6 aromatic rings. The van der Waals surface area contributed by atoms with Gasteiger partial charge in [-0.2, -0.15) is 0 Å². The second kappa shape index (κ2) is 12.6. The van der Waals surface area contributed by atoms with E-state index >= 15 is 0 Å². The SMILES string of the molecule is CC1(c2ccc(N3c4cc(N5c6ccccc6C6(C)CCCCC56C)cc5c4B4c6c3cccc6[Si](C)(C)c3cccc(c34)N5c3ccc(C45CC6CC4CC6C5)cc3)cc2)C=C2CC3CC(C1)C23. The molecule has 7 saturated carbocycles. The Morgan fingerprint density at radius 3 is 1.77 bits per heavy atom. The Bertz CT molecular complexity index is 3320. The van der Waals surface area contributed by atoms with Gasteiger partial charge in [-0.25, -0.2) is 0 Å². The molecule has 69 heavy (non-hydrogen) atoms. The summed E-state index contributed by atoms with van der Waals surface area (Å²) in [6.45, 7) is 13.2. The molecule has 8 unspecified atom stereocenters. The molecule has 18 rings (SSSR count). The van der Waals surface area contributed by atoms with Gasteiger partial charge in [0.05, 0.1) is 5.54 Å². The predicted octanol–water partition coefficient (Wildman–Crippen LogP) is 12.6. The smallest absolute Gasteiger partial charge is 0.251 e. The molecule has 8 atom stereocenters. The van der Waals surface area contributed by atoms with Gasteiger partial charge in [0.25, 0.3) is 6.71 Å². The van der Waals surface area contributed by atoms with Crippen LogP contribution in [0.4, 0.5) is 45.5 Å². The van der Waals surface area contributed by atoms with Crippen molar-refractivity contribution in [2.24, 2.45) is 35.5 Å². The van der Waals surface area contributed by atoms with Gasteiger partial charge < -0.3 is 14.7 Å². The van der Waals surface area contributed by atoms with Gasteiger partial charge in [0.15, 0.2) is 0 Å². The van der Waals surface area contributed by atoms with Crippen molar-refractivity contribution < 1.29 is 0 Å². The van der Waals surface area contributed by atoms with E-state index in [1.807, 2.05) is 0 Å². The number of para-hydroxylation sites is 1. The minimum absolute atomic E-state index is 0.0565. The van der Waals surface area contributed by atoms with Crippen LogP contribution in [0.2, 0.25) is 13.1 Å². The highest BCUT2D eigenvalue weighted by molar-refractivity contribution is 7.16. The lowest BCUT2D eigenvalue weighted by Crippen LogP contribution is -2.79. The summed E-state index contributed by atoms with van der Waals surface area (Å²) >= 11 is 0. The van der Waals surface area contributed by atoms with Gasteiger partial charge in [0.1, 0.15) is 8.07 Å². The van der Waals surface area contributed by atoms with Crippen LogP contribution < -0.4 is 41.5 Å². The van der Waals surface area contributed by atoms with E-state index in [1.165, 1.54) is 133 Å². The molecule has 4 bridgehead atoms. The lowest BCUT2D eigenvalue weighted by atomic mass is 9.33. The molecule has 7 fully saturated rings. The number of rotatable bonds is 5. The number of benzene rings is 6. The first-order valence-corrected chi connectivity index (χ1v) is 30.3. The quantitative estimate of drug-likeness (QED) is 0.126. The molecule has 4 aliphatic heterocycles. The molecule has 6 aromatic carbocycles. The molecule has 0 N–H and O–H groups in total. The summed E-state index contributed by atoms with van der Waals surface area (Å²) in [4.78, 5) is 8.32. The summed E-state index contributed by atoms with van der Waals surface area (Å²) in [5.74, 6) is 5.59. The Kier molecular flexibility index (Phi) is 7.21. The van der Waals surface area contributed by atoms with Crippen LogP contribution in [0.25, 0.3) is 0 Å². The first-order valence-electron chi connectivity index (χ1n) is 27.3. The van der Waals surface area contributed by atoms with E-state index in [1.54, 1.807) is 32.4 Å². The van der Waals surface area contributed by atoms with E-state index < -0.39 is 8.07 Å². The zero-order valence-electron chi connectivity index (χ0n) is 41.3. The van der Waals surface area contributed by atoms with Crippen molar-refractivity contribution in [2.75, 3.05) is 14.7 Å². The van der Waals surface area contributed by atoms with Crippen molar-refractivity contribution in [3.8, 4) is 0 Å². The maximum absolute atomic E-state index is 2.84. The molecule has 0 amide bonds. The first kappa shape index (κ1) is 39.5. The van der Waals surface area contributed by atoms with Crippen molar-refractivity contribution in [1.29, 1.82) is 0 Å². The maximum Gasteiger partial charge on any atom is 0.251 e. The summed E-state index contributed by atoms with van der Waals surface area (Å²) in [5.41, 5.74) is 22.3. The number of hydrogen-bond acceptors (Lipinski definition) is 3. The van der Waals surface area contributed by atoms with E-state index in [4.69, 9.17) is 0 Å². The normalized spacial score (nSPS) is 35.3. The second-order valence-corrected chi connectivity index (χ2v) is 30.3. The van der Waals surface area contributed by atoms with Crippen molar-refractivity contribution in [3.05, 3.63) is 150 Å². The summed E-state index contributed by atoms with van der Waals surface area (Å²) in [5, 5.41) is 3.21. The minimum Gasteiger partial charge on any atom is -0.334 e. The Morgan fingerprint density at radius 2 is 1.16 bits per heavy atom. The van der Waals surface area contributed by atoms with Crippen LogP contribution in [0, 0.1) is 35.5 Å². The first-order chi connectivity index (χ1) is 33.5. The van der Waals surface area contributed by atoms with Gasteiger partial charge in [-0.15, -0.1) is 0 Å². The van der Waals surface area contributed by atoms with Gasteiger partial charge >= 0.3 is 0 Å². The molecule has 5 heteroatoms. The van der Waals surface area contributed by atoms with Gasteiger partial charge in [-0.05, 0) is 193 Å². The zero-order chi connectivity index (χ0) is 45.7. The third kappa shape index (κ3) is 4.54. The van der Waals surface area contributed by atoms with Crippen LogP contribution in [0.3, 0.4) is 0 Å². The van der Waals surface area contributed by atoms with Crippen molar-refractivity contribution in [2.45, 2.75) is 126 Å². The lowest BCUT2D eigenvalue weighted by molar-refractivity contribution is 0.00736. The number of nitrogens with zero attached hydrogens (tertiary/aromatic N) is 3. The molecule has 4 heterocycles. The minimum atomic E-state index is -2.14. The molecule has 8 aliphatic carbocycles. The number of anilines is 8. The Balaban J connectivity index is 0.915. The fourth-order valence-corrected chi connectivity index (χ4v) is 22.8. The van der Waals surface area contributed by atoms with Gasteiger partial charge in [-0.3, -0.25) is 0 Å². The molecule has 0 spiro atoms. The van der Waals surface area contributed by atoms with Crippen molar-refractivity contribution >= 4 is 87.0 Å². The molecular weight excluding hydrogens is 850 g/mol. The lowest BCUT2D eigenvalue weighted by Gasteiger charge is -2.60. The second-order valence-electron chi connectivity index (χ2n) is 25.9. The van der Waals surface area contributed by atoms with Gasteiger partial charge in [-0.1, -0.05) is 129 Å². The fraction of sp³-hybridized carbons (Fsp3) is 0.406. The van der Waals surface area contributed by atoms with Gasteiger partial charge in [0.2, 0.25) is 0 Å². The average molecular weight is 914 g/mol. The molecule has 0 radical (unpaired) electrons. The van der Waals surface area contributed by atoms with E-state index in [0.29, 0.717) is 5.41 Å². The maximum atomic E-state index is 2.84. The molecule has 0 saturated heterocycles. The van der Waals surface area contributed by atoms with Crippen molar-refractivity contribution in [1.82, 2.24) is 0 Å². The number of allylic oxidation sites excluding steroid dienone is 2. The van der Waals surface area contributed by atoms with Crippen LogP contribution in [0.1, 0.15) is 108 Å². The fourth-order valence-electron chi connectivity index (χ4n) is 19.6. The molecule has 0 aromatic heterocycles. The highest BCUT2D eigenvalue weighted by atomic mass is 28.3. The van der Waals surface area contributed by atoms with Crippen LogP contribution in [0.15, 0.2) is 133 Å². The summed E-state index contributed by atoms with van der Waals surface area (Å²) in [7, 11) is -2.14. The Morgan fingerprint density at radius 1 is 0.551 bits per heavy atom. The molecule has 12 aliphatic rings. The Hall–Kier alpha value is -5.26. The van der Waals surface area contributed by atoms with Crippen LogP contribution in [-0.4, -0.2) is 20.3 Å². The summed E-state index contributed by atoms with van der Waals surface area (Å²) in [6, 6.07) is 49.9. The highest BCUT2D eigenvalue weighted by Crippen LogP contribution is 2.71. The zero-order valence-corrected chi connectivity index (χ0v) is 42.3. The summed E-state index contributed by atoms with van der Waals surface area (Å²) < 4.78 is 0. The van der Waals surface area contributed by atoms with Crippen molar-refractivity contribution in [3.63, 3.8) is 0 Å². The van der Waals surface area contributed by atoms with E-state index in [9.17, 15) is 0 Å². The van der Waals surface area contributed by atoms with Gasteiger partial charge in [0, 0.05) is 56.3 Å². The topological polar surface area (TPSA) is 9.72 Å². The summed E-state index contributed by atoms with van der Waals surface area (Å²) in [6.07, 6.45) is 17.5. The van der Waals surface area contributed by atoms with Crippen LogP contribution in [-0.2, 0) is 16.2 Å². The largest absolute Gasteiger partial charge is 0.334 e. The van der Waals surface area contributed by atoms with E-state index in [-0.39, 0.29) is 23.1 Å². The van der Waals surface area contributed by atoms with Crippen LogP contribution >= 0.6 is 0 Å². The third-order valence-electron chi connectivity index (χ3n) is 22.8. The van der Waals surface area contributed by atoms with E-state index in [0.717, 1.165) is 35.5 Å². The predicted molar refractivity (Wildman–Crippen MR) is 290 cm³/mol.